The quantitative estimate of drug-likeness (QED) is 0.593. The molecule has 5 heteroatoms. The van der Waals surface area contributed by atoms with E-state index in [2.05, 4.69) is 0 Å². The molecule has 0 aliphatic rings. The average molecular weight is 378 g/mol. The molecule has 0 spiro atoms. The number of nitrogens with zero attached hydrogens (tertiary/aromatic N) is 1. The first-order chi connectivity index (χ1) is 12.1. The summed E-state index contributed by atoms with van der Waals surface area (Å²) in [6.45, 7) is 9.47. The molecule has 0 N–H and O–H groups in total. The van der Waals surface area contributed by atoms with Crippen LogP contribution in [0.5, 0.6) is 0 Å². The number of carbonyl (C=O) groups excluding carboxylic acids is 1. The Balaban J connectivity index is 2.43. The standard InChI is InChI=1S/C21H29F2NOSi/c1-6-24(7-2)20(25)19(21(22,23)26(3,4)5)15-16-12-13-17-10-8-9-11-18(17)14-16/h8-14,19H,6-7,15H2,1-5H3. The van der Waals surface area contributed by atoms with Gasteiger partial charge in [0, 0.05) is 13.1 Å². The molecule has 0 aromatic heterocycles. The topological polar surface area (TPSA) is 20.3 Å². The second-order valence-corrected chi connectivity index (χ2v) is 13.0. The van der Waals surface area contributed by atoms with Gasteiger partial charge in [-0.1, -0.05) is 62.1 Å². The van der Waals surface area contributed by atoms with Crippen molar-refractivity contribution in [2.45, 2.75) is 45.5 Å². The van der Waals surface area contributed by atoms with Crippen LogP contribution in [0.25, 0.3) is 10.8 Å². The predicted octanol–water partition coefficient (Wildman–Crippen LogP) is 5.38. The van der Waals surface area contributed by atoms with Gasteiger partial charge in [-0.05, 0) is 36.6 Å². The zero-order valence-corrected chi connectivity index (χ0v) is 17.4. The molecule has 0 aliphatic heterocycles. The Morgan fingerprint density at radius 1 is 1.04 bits per heavy atom. The number of alkyl halides is 2. The van der Waals surface area contributed by atoms with Crippen molar-refractivity contribution in [3.05, 3.63) is 48.0 Å². The molecule has 1 unspecified atom stereocenters. The summed E-state index contributed by atoms with van der Waals surface area (Å²) in [5.41, 5.74) is -2.19. The lowest BCUT2D eigenvalue weighted by Crippen LogP contribution is -2.56. The molecule has 2 rings (SSSR count). The molecule has 0 bridgehead atoms. The van der Waals surface area contributed by atoms with Gasteiger partial charge in [0.25, 0.3) is 0 Å². The molecule has 1 atom stereocenters. The maximum absolute atomic E-state index is 15.3. The van der Waals surface area contributed by atoms with Crippen LogP contribution in [0, 0.1) is 5.92 Å². The molecule has 0 heterocycles. The molecule has 0 fully saturated rings. The fourth-order valence-corrected chi connectivity index (χ4v) is 4.52. The number of hydrogen-bond donors (Lipinski definition) is 0. The number of fused-ring (bicyclic) bond motifs is 1. The van der Waals surface area contributed by atoms with Crippen LogP contribution >= 0.6 is 0 Å². The van der Waals surface area contributed by atoms with Gasteiger partial charge in [-0.2, -0.15) is 0 Å². The molecule has 0 saturated carbocycles. The van der Waals surface area contributed by atoms with E-state index in [0.29, 0.717) is 13.1 Å². The Morgan fingerprint density at radius 3 is 2.15 bits per heavy atom. The van der Waals surface area contributed by atoms with Crippen LogP contribution in [0.4, 0.5) is 8.78 Å². The van der Waals surface area contributed by atoms with Gasteiger partial charge in [-0.25, -0.2) is 8.78 Å². The molecule has 2 aromatic rings. The SMILES string of the molecule is CCN(CC)C(=O)C(Cc1ccc2ccccc2c1)C(F)(F)[Si](C)(C)C. The molecule has 142 valence electrons. The van der Waals surface area contributed by atoms with Crippen molar-refractivity contribution in [3.8, 4) is 0 Å². The molecule has 0 aliphatic carbocycles. The van der Waals surface area contributed by atoms with E-state index in [0.717, 1.165) is 16.3 Å². The van der Waals surface area contributed by atoms with Crippen LogP contribution in [0.1, 0.15) is 19.4 Å². The summed E-state index contributed by atoms with van der Waals surface area (Å²) in [7, 11) is -2.87. The second kappa shape index (κ2) is 7.87. The molecular weight excluding hydrogens is 348 g/mol. The highest BCUT2D eigenvalue weighted by atomic mass is 28.3. The summed E-state index contributed by atoms with van der Waals surface area (Å²) in [6, 6.07) is 13.6. The number of rotatable bonds is 7. The van der Waals surface area contributed by atoms with Crippen molar-refractivity contribution >= 4 is 24.8 Å². The highest BCUT2D eigenvalue weighted by Crippen LogP contribution is 2.38. The molecule has 0 saturated heterocycles. The van der Waals surface area contributed by atoms with Crippen molar-refractivity contribution < 1.29 is 13.6 Å². The third-order valence-electron chi connectivity index (χ3n) is 5.06. The molecule has 0 radical (unpaired) electrons. The van der Waals surface area contributed by atoms with E-state index in [9.17, 15) is 4.79 Å². The first-order valence-corrected chi connectivity index (χ1v) is 12.8. The highest BCUT2D eigenvalue weighted by molar-refractivity contribution is 6.78. The van der Waals surface area contributed by atoms with Crippen molar-refractivity contribution in [2.75, 3.05) is 13.1 Å². The lowest BCUT2D eigenvalue weighted by Gasteiger charge is -2.37. The molecule has 26 heavy (non-hydrogen) atoms. The third-order valence-corrected chi connectivity index (χ3v) is 7.41. The van der Waals surface area contributed by atoms with Gasteiger partial charge in [0.15, 0.2) is 0 Å². The number of hydrogen-bond acceptors (Lipinski definition) is 1. The van der Waals surface area contributed by atoms with E-state index >= 15 is 8.78 Å². The highest BCUT2D eigenvalue weighted by Gasteiger charge is 2.54. The summed E-state index contributed by atoms with van der Waals surface area (Å²) < 4.78 is 30.6. The van der Waals surface area contributed by atoms with Gasteiger partial charge in [-0.15, -0.1) is 0 Å². The minimum absolute atomic E-state index is 0.0669. The van der Waals surface area contributed by atoms with E-state index in [-0.39, 0.29) is 6.42 Å². The van der Waals surface area contributed by atoms with Gasteiger partial charge in [0.1, 0.15) is 14.0 Å². The van der Waals surface area contributed by atoms with Crippen LogP contribution in [-0.2, 0) is 11.2 Å². The van der Waals surface area contributed by atoms with Gasteiger partial charge in [0.05, 0.1) is 0 Å². The lowest BCUT2D eigenvalue weighted by molar-refractivity contribution is -0.143. The Hall–Kier alpha value is -1.75. The van der Waals surface area contributed by atoms with E-state index in [1.807, 2.05) is 56.3 Å². The lowest BCUT2D eigenvalue weighted by atomic mass is 9.95. The normalized spacial score (nSPS) is 13.7. The van der Waals surface area contributed by atoms with Crippen molar-refractivity contribution in [1.82, 2.24) is 4.90 Å². The fourth-order valence-electron chi connectivity index (χ4n) is 3.25. The number of halogens is 2. The molecule has 2 aromatic carbocycles. The van der Waals surface area contributed by atoms with E-state index in [1.165, 1.54) is 4.90 Å². The molecule has 1 amide bonds. The molecule has 2 nitrogen and oxygen atoms in total. The first-order valence-electron chi connectivity index (χ1n) is 9.26. The van der Waals surface area contributed by atoms with Crippen LogP contribution < -0.4 is 0 Å². The third kappa shape index (κ3) is 4.14. The van der Waals surface area contributed by atoms with Crippen molar-refractivity contribution in [2.24, 2.45) is 5.92 Å². The van der Waals surface area contributed by atoms with E-state index in [1.54, 1.807) is 19.6 Å². The van der Waals surface area contributed by atoms with Gasteiger partial charge in [0.2, 0.25) is 11.5 Å². The van der Waals surface area contributed by atoms with Crippen LogP contribution in [0.15, 0.2) is 42.5 Å². The first kappa shape index (κ1) is 20.6. The van der Waals surface area contributed by atoms with Crippen LogP contribution in [-0.4, -0.2) is 37.5 Å². The Labute approximate surface area is 156 Å². The summed E-state index contributed by atoms with van der Waals surface area (Å²) >= 11 is 0. The van der Waals surface area contributed by atoms with Crippen LogP contribution in [0.2, 0.25) is 19.6 Å². The Kier molecular flexibility index (Phi) is 6.22. The van der Waals surface area contributed by atoms with Gasteiger partial charge < -0.3 is 4.90 Å². The summed E-state index contributed by atoms with van der Waals surface area (Å²) in [6.07, 6.45) is 0.0669. The van der Waals surface area contributed by atoms with Crippen molar-refractivity contribution in [3.63, 3.8) is 0 Å². The maximum Gasteiger partial charge on any atom is 0.240 e. The predicted molar refractivity (Wildman–Crippen MR) is 107 cm³/mol. The minimum Gasteiger partial charge on any atom is -0.343 e. The fraction of sp³-hybridized carbons (Fsp3) is 0.476. The van der Waals surface area contributed by atoms with Gasteiger partial charge >= 0.3 is 0 Å². The second-order valence-electron chi connectivity index (χ2n) is 7.82. The Bertz CT molecular complexity index is 766. The monoisotopic (exact) mass is 377 g/mol. The average Bonchev–Trinajstić information content (AvgIpc) is 2.59. The Morgan fingerprint density at radius 2 is 1.62 bits per heavy atom. The summed E-state index contributed by atoms with van der Waals surface area (Å²) in [5, 5.41) is 2.08. The summed E-state index contributed by atoms with van der Waals surface area (Å²) in [4.78, 5) is 14.5. The summed E-state index contributed by atoms with van der Waals surface area (Å²) in [5.74, 6) is -1.74. The van der Waals surface area contributed by atoms with E-state index < -0.39 is 25.4 Å². The van der Waals surface area contributed by atoms with E-state index in [4.69, 9.17) is 0 Å². The number of carbonyl (C=O) groups is 1. The zero-order chi connectivity index (χ0) is 19.5. The van der Waals surface area contributed by atoms with Crippen LogP contribution in [0.3, 0.4) is 0 Å². The maximum atomic E-state index is 15.3. The van der Waals surface area contributed by atoms with Crippen molar-refractivity contribution in [1.29, 1.82) is 0 Å². The number of benzene rings is 2. The zero-order valence-electron chi connectivity index (χ0n) is 16.4. The largest absolute Gasteiger partial charge is 0.343 e. The minimum atomic E-state index is -2.97. The van der Waals surface area contributed by atoms with Gasteiger partial charge in [-0.3, -0.25) is 4.79 Å². The molecular formula is C21H29F2NOSi. The smallest absolute Gasteiger partial charge is 0.240 e. The number of amides is 1.